The number of hydrogen-bond donors (Lipinski definition) is 0. The molecule has 0 fully saturated rings. The van der Waals surface area contributed by atoms with Gasteiger partial charge in [-0.1, -0.05) is 18.2 Å². The van der Waals surface area contributed by atoms with E-state index < -0.39 is 0 Å². The highest BCUT2D eigenvalue weighted by Gasteiger charge is 2.28. The fourth-order valence-electron chi connectivity index (χ4n) is 5.12. The van der Waals surface area contributed by atoms with Gasteiger partial charge in [-0.25, -0.2) is 19.7 Å². The standard InChI is InChI=1S/C27H21N9O2/c28-14-18-5-6-20-22(13-18)35(17-31-20)26-30-15-23-25(32-26)36(21-7-12-38-24-4-2-1-3-19(21)24)27(37)34(23)11-10-33-9-8-29-16-33/h1-6,8-9,13,15-17,21H,7,10-12H2/t21-/m1/s1. The monoisotopic (exact) mass is 503 g/mol. The molecule has 0 radical (unpaired) electrons. The van der Waals surface area contributed by atoms with Crippen LogP contribution in [-0.4, -0.2) is 44.8 Å². The van der Waals surface area contributed by atoms with Gasteiger partial charge in [-0.2, -0.15) is 10.2 Å². The van der Waals surface area contributed by atoms with Gasteiger partial charge < -0.3 is 9.30 Å². The Balaban J connectivity index is 1.43. The number of aromatic nitrogens is 8. The SMILES string of the molecule is N#Cc1ccc2ncn(-c3ncc4c(n3)n([C@@H]3CCOc5ccccc53)c(=O)n4CCn3ccnc3)c2c1. The topological polar surface area (TPSA) is 121 Å². The molecule has 7 rings (SSSR count). The van der Waals surface area contributed by atoms with Crippen LogP contribution in [0.1, 0.15) is 23.6 Å². The third-order valence-electron chi connectivity index (χ3n) is 6.96. The molecular formula is C27H21N9O2. The fraction of sp³-hybridized carbons (Fsp3) is 0.185. The first kappa shape index (κ1) is 22.0. The summed E-state index contributed by atoms with van der Waals surface area (Å²) in [5.41, 5.74) is 3.92. The summed E-state index contributed by atoms with van der Waals surface area (Å²) in [6.45, 7) is 1.51. The van der Waals surface area contributed by atoms with Gasteiger partial charge in [-0.05, 0) is 24.3 Å². The van der Waals surface area contributed by atoms with Crippen molar-refractivity contribution in [1.29, 1.82) is 5.26 Å². The Labute approximate surface area is 215 Å². The maximum atomic E-state index is 14.0. The van der Waals surface area contributed by atoms with Crippen LogP contribution in [0.25, 0.3) is 28.1 Å². The summed E-state index contributed by atoms with van der Waals surface area (Å²) in [7, 11) is 0. The minimum Gasteiger partial charge on any atom is -0.493 e. The lowest BCUT2D eigenvalue weighted by molar-refractivity contribution is 0.255. The zero-order valence-electron chi connectivity index (χ0n) is 20.2. The molecule has 0 aliphatic carbocycles. The van der Waals surface area contributed by atoms with E-state index in [2.05, 4.69) is 21.0 Å². The summed E-state index contributed by atoms with van der Waals surface area (Å²) in [6.07, 6.45) is 9.27. The second-order valence-corrected chi connectivity index (χ2v) is 9.10. The van der Waals surface area contributed by atoms with E-state index in [0.29, 0.717) is 54.3 Å². The van der Waals surface area contributed by atoms with E-state index in [9.17, 15) is 10.1 Å². The van der Waals surface area contributed by atoms with Crippen LogP contribution in [0.4, 0.5) is 0 Å². The zero-order chi connectivity index (χ0) is 25.6. The highest BCUT2D eigenvalue weighted by atomic mass is 16.5. The van der Waals surface area contributed by atoms with Crippen molar-refractivity contribution in [3.63, 3.8) is 0 Å². The molecule has 186 valence electrons. The largest absolute Gasteiger partial charge is 0.493 e. The number of rotatable bonds is 5. The summed E-state index contributed by atoms with van der Waals surface area (Å²) in [4.78, 5) is 32.1. The molecule has 0 bridgehead atoms. The molecule has 0 unspecified atom stereocenters. The smallest absolute Gasteiger partial charge is 0.331 e. The van der Waals surface area contributed by atoms with Gasteiger partial charge in [0.15, 0.2) is 5.65 Å². The number of nitriles is 1. The number of hydrogen-bond acceptors (Lipinski definition) is 7. The van der Waals surface area contributed by atoms with Gasteiger partial charge in [-0.15, -0.1) is 0 Å². The van der Waals surface area contributed by atoms with Crippen molar-refractivity contribution >= 4 is 22.2 Å². The van der Waals surface area contributed by atoms with Gasteiger partial charge in [0, 0.05) is 37.5 Å². The maximum absolute atomic E-state index is 14.0. The maximum Gasteiger partial charge on any atom is 0.331 e. The summed E-state index contributed by atoms with van der Waals surface area (Å²) < 4.78 is 13.0. The summed E-state index contributed by atoms with van der Waals surface area (Å²) in [5, 5.41) is 9.38. The molecule has 1 aliphatic rings. The highest BCUT2D eigenvalue weighted by Crippen LogP contribution is 2.35. The predicted molar refractivity (Wildman–Crippen MR) is 138 cm³/mol. The van der Waals surface area contributed by atoms with Crippen LogP contribution >= 0.6 is 0 Å². The molecule has 2 aromatic carbocycles. The Morgan fingerprint density at radius 1 is 1.08 bits per heavy atom. The van der Waals surface area contributed by atoms with E-state index >= 15 is 0 Å². The van der Waals surface area contributed by atoms with Crippen molar-refractivity contribution in [2.24, 2.45) is 0 Å². The van der Waals surface area contributed by atoms with Gasteiger partial charge in [-0.3, -0.25) is 13.7 Å². The van der Waals surface area contributed by atoms with E-state index in [-0.39, 0.29) is 11.7 Å². The average Bonchev–Trinajstić information content (AvgIpc) is 3.69. The van der Waals surface area contributed by atoms with Crippen LogP contribution in [0.15, 0.2) is 78.5 Å². The van der Waals surface area contributed by atoms with Gasteiger partial charge in [0.2, 0.25) is 5.95 Å². The van der Waals surface area contributed by atoms with Crippen molar-refractivity contribution < 1.29 is 4.74 Å². The minimum atomic E-state index is -0.239. The van der Waals surface area contributed by atoms with E-state index in [0.717, 1.165) is 16.8 Å². The third-order valence-corrected chi connectivity index (χ3v) is 6.96. The van der Waals surface area contributed by atoms with Crippen LogP contribution in [0.3, 0.4) is 0 Å². The second kappa shape index (κ2) is 8.70. The van der Waals surface area contributed by atoms with Crippen LogP contribution in [-0.2, 0) is 13.1 Å². The number of ether oxygens (including phenoxy) is 1. The first-order valence-electron chi connectivity index (χ1n) is 12.2. The summed E-state index contributed by atoms with van der Waals surface area (Å²) in [5.74, 6) is 1.14. The number of benzene rings is 2. The number of fused-ring (bicyclic) bond motifs is 3. The molecule has 5 heterocycles. The van der Waals surface area contributed by atoms with Crippen molar-refractivity contribution in [2.45, 2.75) is 25.6 Å². The van der Waals surface area contributed by atoms with Gasteiger partial charge in [0.1, 0.15) is 17.6 Å². The molecule has 4 aromatic heterocycles. The Hall–Kier alpha value is -5.24. The molecule has 11 nitrogen and oxygen atoms in total. The van der Waals surface area contributed by atoms with Crippen molar-refractivity contribution in [3.8, 4) is 17.8 Å². The van der Waals surface area contributed by atoms with Gasteiger partial charge in [0.25, 0.3) is 0 Å². The quantitative estimate of drug-likeness (QED) is 0.354. The van der Waals surface area contributed by atoms with E-state index in [4.69, 9.17) is 9.72 Å². The molecule has 0 saturated carbocycles. The molecule has 38 heavy (non-hydrogen) atoms. The lowest BCUT2D eigenvalue weighted by atomic mass is 10.0. The van der Waals surface area contributed by atoms with Crippen molar-refractivity contribution in [2.75, 3.05) is 6.61 Å². The van der Waals surface area contributed by atoms with Crippen LogP contribution < -0.4 is 10.4 Å². The van der Waals surface area contributed by atoms with Crippen LogP contribution in [0.5, 0.6) is 5.75 Å². The summed E-state index contributed by atoms with van der Waals surface area (Å²) in [6, 6.07) is 15.0. The lowest BCUT2D eigenvalue weighted by Gasteiger charge is -2.26. The summed E-state index contributed by atoms with van der Waals surface area (Å²) >= 11 is 0. The molecule has 0 amide bonds. The number of imidazole rings is 3. The normalized spacial score (nSPS) is 14.9. The zero-order valence-corrected chi connectivity index (χ0v) is 20.2. The Morgan fingerprint density at radius 2 is 2.00 bits per heavy atom. The van der Waals surface area contributed by atoms with E-state index in [1.165, 1.54) is 0 Å². The number of nitrogens with zero attached hydrogens (tertiary/aromatic N) is 9. The van der Waals surface area contributed by atoms with E-state index in [1.54, 1.807) is 56.9 Å². The highest BCUT2D eigenvalue weighted by molar-refractivity contribution is 5.79. The Kier molecular flexibility index (Phi) is 5.04. The molecule has 0 N–H and O–H groups in total. The van der Waals surface area contributed by atoms with Gasteiger partial charge >= 0.3 is 5.69 Å². The fourth-order valence-corrected chi connectivity index (χ4v) is 5.12. The molecular weight excluding hydrogens is 482 g/mol. The lowest BCUT2D eigenvalue weighted by Crippen LogP contribution is -2.31. The Morgan fingerprint density at radius 3 is 2.87 bits per heavy atom. The first-order chi connectivity index (χ1) is 18.7. The number of para-hydroxylation sites is 1. The van der Waals surface area contributed by atoms with Crippen LogP contribution in [0, 0.1) is 11.3 Å². The van der Waals surface area contributed by atoms with Crippen molar-refractivity contribution in [1.82, 2.24) is 38.2 Å². The molecule has 11 heteroatoms. The average molecular weight is 504 g/mol. The van der Waals surface area contributed by atoms with Gasteiger partial charge in [0.05, 0.1) is 47.8 Å². The molecule has 0 spiro atoms. The molecule has 0 saturated heterocycles. The second-order valence-electron chi connectivity index (χ2n) is 9.10. The molecule has 1 aliphatic heterocycles. The third kappa shape index (κ3) is 3.46. The van der Waals surface area contributed by atoms with Crippen LogP contribution in [0.2, 0.25) is 0 Å². The van der Waals surface area contributed by atoms with E-state index in [1.807, 2.05) is 35.0 Å². The molecule has 1 atom stereocenters. The van der Waals surface area contributed by atoms with Crippen molar-refractivity contribution in [3.05, 3.63) is 95.3 Å². The predicted octanol–water partition coefficient (Wildman–Crippen LogP) is 3.07. The first-order valence-corrected chi connectivity index (χ1v) is 12.2. The minimum absolute atomic E-state index is 0.157. The number of aryl methyl sites for hydroxylation is 2. The molecule has 6 aromatic rings. The Bertz CT molecular complexity index is 1910.